The van der Waals surface area contributed by atoms with Crippen LogP contribution < -0.4 is 0 Å². The average molecular weight is 341 g/mol. The molecule has 0 amide bonds. The van der Waals surface area contributed by atoms with Crippen LogP contribution in [0.4, 0.5) is 4.39 Å². The predicted octanol–water partition coefficient (Wildman–Crippen LogP) is 4.23. The summed E-state index contributed by atoms with van der Waals surface area (Å²) < 4.78 is 13.4. The van der Waals surface area contributed by atoms with Crippen molar-refractivity contribution in [2.45, 2.75) is 31.3 Å². The van der Waals surface area contributed by atoms with Gasteiger partial charge in [-0.25, -0.2) is 4.39 Å². The minimum atomic E-state index is -0.925. The molecule has 3 rings (SSSR count). The molecule has 3 heteroatoms. The van der Waals surface area contributed by atoms with Gasteiger partial charge in [-0.3, -0.25) is 0 Å². The molecule has 2 nitrogen and oxygen atoms in total. The molecule has 134 valence electrons. The van der Waals surface area contributed by atoms with Crippen LogP contribution in [0.25, 0.3) is 0 Å². The van der Waals surface area contributed by atoms with E-state index in [1.165, 1.54) is 17.7 Å². The maximum Gasteiger partial charge on any atom is 0.123 e. The zero-order valence-electron chi connectivity index (χ0n) is 15.2. The summed E-state index contributed by atoms with van der Waals surface area (Å²) in [7, 11) is 4.10. The molecule has 1 aliphatic rings. The van der Waals surface area contributed by atoms with Crippen LogP contribution in [0.15, 0.2) is 54.6 Å². The normalized spacial score (nSPS) is 26.8. The van der Waals surface area contributed by atoms with Crippen molar-refractivity contribution in [1.82, 2.24) is 4.90 Å². The molecule has 3 unspecified atom stereocenters. The Morgan fingerprint density at radius 2 is 1.64 bits per heavy atom. The topological polar surface area (TPSA) is 23.5 Å². The lowest BCUT2D eigenvalue weighted by molar-refractivity contribution is -0.107. The molecule has 2 aromatic carbocycles. The van der Waals surface area contributed by atoms with Gasteiger partial charge in [0.2, 0.25) is 0 Å². The highest BCUT2D eigenvalue weighted by Gasteiger charge is 2.47. The van der Waals surface area contributed by atoms with E-state index in [0.29, 0.717) is 0 Å². The van der Waals surface area contributed by atoms with Gasteiger partial charge in [0.05, 0.1) is 5.60 Å². The summed E-state index contributed by atoms with van der Waals surface area (Å²) in [5, 5.41) is 11.9. The van der Waals surface area contributed by atoms with Gasteiger partial charge in [-0.2, -0.15) is 0 Å². The summed E-state index contributed by atoms with van der Waals surface area (Å²) in [5.41, 5.74) is 1.17. The van der Waals surface area contributed by atoms with Gasteiger partial charge < -0.3 is 10.0 Å². The Hall–Kier alpha value is -1.71. The van der Waals surface area contributed by atoms with Crippen LogP contribution in [0, 0.1) is 17.7 Å². The minimum Gasteiger partial charge on any atom is -0.385 e. The number of nitrogens with zero attached hydrogens (tertiary/aromatic N) is 1. The maximum atomic E-state index is 13.4. The van der Waals surface area contributed by atoms with Crippen molar-refractivity contribution in [2.75, 3.05) is 20.6 Å². The molecule has 1 fully saturated rings. The average Bonchev–Trinajstić information content (AvgIpc) is 2.60. The molecule has 0 aliphatic heterocycles. The number of benzene rings is 2. The number of halogens is 1. The first-order valence-electron chi connectivity index (χ1n) is 9.17. The molecule has 3 atom stereocenters. The molecule has 0 radical (unpaired) electrons. The highest BCUT2D eigenvalue weighted by molar-refractivity contribution is 5.28. The first kappa shape index (κ1) is 18.1. The van der Waals surface area contributed by atoms with E-state index in [-0.39, 0.29) is 17.7 Å². The van der Waals surface area contributed by atoms with E-state index >= 15 is 0 Å². The summed E-state index contributed by atoms with van der Waals surface area (Å²) in [6.07, 6.45) is 3.96. The van der Waals surface area contributed by atoms with Gasteiger partial charge >= 0.3 is 0 Å². The highest BCUT2D eigenvalue weighted by atomic mass is 19.1. The summed E-state index contributed by atoms with van der Waals surface area (Å²) in [6, 6.07) is 16.8. The Bertz CT molecular complexity index is 670. The third kappa shape index (κ3) is 3.94. The second-order valence-electron chi connectivity index (χ2n) is 7.61. The van der Waals surface area contributed by atoms with Crippen LogP contribution in [-0.2, 0) is 12.0 Å². The Balaban J connectivity index is 1.97. The second kappa shape index (κ2) is 7.67. The van der Waals surface area contributed by atoms with Gasteiger partial charge in [-0.15, -0.1) is 0 Å². The number of aliphatic hydroxyl groups is 1. The van der Waals surface area contributed by atoms with Gasteiger partial charge in [-0.1, -0.05) is 48.9 Å². The zero-order chi connectivity index (χ0) is 17.9. The van der Waals surface area contributed by atoms with Crippen molar-refractivity contribution in [3.8, 4) is 0 Å². The van der Waals surface area contributed by atoms with Crippen LogP contribution in [-0.4, -0.2) is 30.6 Å². The SMILES string of the molecule is CN(C)CC1CCCC(Cc2ccccc2)C1(O)c1ccc(F)cc1. The lowest BCUT2D eigenvalue weighted by Gasteiger charge is -2.47. The van der Waals surface area contributed by atoms with Crippen LogP contribution in [0.1, 0.15) is 30.4 Å². The largest absolute Gasteiger partial charge is 0.385 e. The fraction of sp³-hybridized carbons (Fsp3) is 0.455. The van der Waals surface area contributed by atoms with Gasteiger partial charge in [0.25, 0.3) is 0 Å². The van der Waals surface area contributed by atoms with Crippen molar-refractivity contribution in [1.29, 1.82) is 0 Å². The monoisotopic (exact) mass is 341 g/mol. The molecule has 2 aromatic rings. The predicted molar refractivity (Wildman–Crippen MR) is 99.8 cm³/mol. The summed E-state index contributed by atoms with van der Waals surface area (Å²) in [5.74, 6) is 0.0291. The molecule has 25 heavy (non-hydrogen) atoms. The Labute approximate surface area is 150 Å². The lowest BCUT2D eigenvalue weighted by Crippen LogP contribution is -2.49. The van der Waals surface area contributed by atoms with Crippen LogP contribution in [0.5, 0.6) is 0 Å². The smallest absolute Gasteiger partial charge is 0.123 e. The molecule has 0 spiro atoms. The number of rotatable bonds is 5. The first-order valence-corrected chi connectivity index (χ1v) is 9.17. The Morgan fingerprint density at radius 3 is 2.28 bits per heavy atom. The third-order valence-corrected chi connectivity index (χ3v) is 5.57. The van der Waals surface area contributed by atoms with E-state index in [1.807, 2.05) is 32.3 Å². The molecule has 1 aliphatic carbocycles. The van der Waals surface area contributed by atoms with Gasteiger partial charge in [0.15, 0.2) is 0 Å². The lowest BCUT2D eigenvalue weighted by atomic mass is 9.63. The van der Waals surface area contributed by atoms with E-state index in [1.54, 1.807) is 12.1 Å². The molecular weight excluding hydrogens is 313 g/mol. The standard InChI is InChI=1S/C22H28FNO/c1-24(2)16-20-10-6-9-19(15-17-7-4-3-5-8-17)22(20,25)18-11-13-21(23)14-12-18/h3-5,7-8,11-14,19-20,25H,6,9-10,15-16H2,1-2H3. The molecule has 0 saturated heterocycles. The molecule has 1 N–H and O–H groups in total. The Morgan fingerprint density at radius 1 is 1.00 bits per heavy atom. The number of hydrogen-bond acceptors (Lipinski definition) is 2. The van der Waals surface area contributed by atoms with Gasteiger partial charge in [0, 0.05) is 12.5 Å². The molecule has 1 saturated carbocycles. The van der Waals surface area contributed by atoms with E-state index < -0.39 is 5.60 Å². The van der Waals surface area contributed by atoms with E-state index in [4.69, 9.17) is 0 Å². The van der Waals surface area contributed by atoms with Gasteiger partial charge in [-0.05, 0) is 62.5 Å². The third-order valence-electron chi connectivity index (χ3n) is 5.57. The van der Waals surface area contributed by atoms with Crippen molar-refractivity contribution < 1.29 is 9.50 Å². The van der Waals surface area contributed by atoms with Crippen LogP contribution in [0.2, 0.25) is 0 Å². The van der Waals surface area contributed by atoms with Gasteiger partial charge in [0.1, 0.15) is 5.82 Å². The molecular formula is C22H28FNO. The fourth-order valence-electron chi connectivity index (χ4n) is 4.40. The highest BCUT2D eigenvalue weighted by Crippen LogP contribution is 2.47. The zero-order valence-corrected chi connectivity index (χ0v) is 15.2. The second-order valence-corrected chi connectivity index (χ2v) is 7.61. The van der Waals surface area contributed by atoms with E-state index in [9.17, 15) is 9.50 Å². The van der Waals surface area contributed by atoms with E-state index in [2.05, 4.69) is 17.0 Å². The summed E-state index contributed by atoms with van der Waals surface area (Å²) >= 11 is 0. The minimum absolute atomic E-state index is 0.138. The first-order chi connectivity index (χ1) is 12.0. The fourth-order valence-corrected chi connectivity index (χ4v) is 4.40. The van der Waals surface area contributed by atoms with Crippen molar-refractivity contribution >= 4 is 0 Å². The van der Waals surface area contributed by atoms with Crippen molar-refractivity contribution in [3.63, 3.8) is 0 Å². The molecule has 0 heterocycles. The van der Waals surface area contributed by atoms with Crippen molar-refractivity contribution in [2.24, 2.45) is 11.8 Å². The van der Waals surface area contributed by atoms with Crippen molar-refractivity contribution in [3.05, 3.63) is 71.5 Å². The van der Waals surface area contributed by atoms with Crippen LogP contribution in [0.3, 0.4) is 0 Å². The molecule has 0 bridgehead atoms. The quantitative estimate of drug-likeness (QED) is 0.879. The van der Waals surface area contributed by atoms with E-state index in [0.717, 1.165) is 37.8 Å². The van der Waals surface area contributed by atoms with Crippen LogP contribution >= 0.6 is 0 Å². The summed E-state index contributed by atoms with van der Waals surface area (Å²) in [6.45, 7) is 0.833. The number of hydrogen-bond donors (Lipinski definition) is 1. The molecule has 0 aromatic heterocycles. The maximum absolute atomic E-state index is 13.4. The Kier molecular flexibility index (Phi) is 5.55. The summed E-state index contributed by atoms with van der Waals surface area (Å²) in [4.78, 5) is 2.14.